The van der Waals surface area contributed by atoms with Gasteiger partial charge < -0.3 is 10.6 Å². The standard InChI is InChI=1S/C35H35N3/c1-4-5-16-30-17-12-13-20-34(30)38(27(2)3)32-24-22-29(23-25-32)33(26-21-28-14-8-6-9-15-28)37-35(36)31-18-10-7-11-19-31/h4-15,17-20,22-26H,2,16,21H2,1,3H3,(H2,36,37)/b5-4-,33-26-. The van der Waals surface area contributed by atoms with E-state index >= 15 is 0 Å². The first-order valence-corrected chi connectivity index (χ1v) is 13.0. The van der Waals surface area contributed by atoms with Crippen LogP contribution in [0.25, 0.3) is 5.70 Å². The van der Waals surface area contributed by atoms with Gasteiger partial charge in [0.1, 0.15) is 5.84 Å². The van der Waals surface area contributed by atoms with E-state index in [1.54, 1.807) is 0 Å². The molecule has 4 aromatic rings. The Balaban J connectivity index is 1.70. The van der Waals surface area contributed by atoms with Crippen molar-refractivity contribution in [1.29, 1.82) is 0 Å². The third kappa shape index (κ3) is 6.77. The summed E-state index contributed by atoms with van der Waals surface area (Å²) in [6, 6.07) is 37.2. The average Bonchev–Trinajstić information content (AvgIpc) is 2.96. The smallest absolute Gasteiger partial charge is 0.131 e. The number of nitrogens with zero attached hydrogens (tertiary/aromatic N) is 2. The van der Waals surface area contributed by atoms with Crippen LogP contribution in [0.4, 0.5) is 11.4 Å². The predicted molar refractivity (Wildman–Crippen MR) is 164 cm³/mol. The Bertz CT molecular complexity index is 1430. The molecule has 0 aromatic heterocycles. The average molecular weight is 498 g/mol. The van der Waals surface area contributed by atoms with E-state index in [4.69, 9.17) is 10.7 Å². The van der Waals surface area contributed by atoms with Crippen molar-refractivity contribution in [1.82, 2.24) is 0 Å². The highest BCUT2D eigenvalue weighted by atomic mass is 15.1. The van der Waals surface area contributed by atoms with Gasteiger partial charge in [-0.1, -0.05) is 116 Å². The normalized spacial score (nSPS) is 12.1. The Labute approximate surface area is 227 Å². The molecule has 0 radical (unpaired) electrons. The minimum atomic E-state index is 0.496. The number of benzene rings is 4. The molecule has 3 nitrogen and oxygen atoms in total. The Morgan fingerprint density at radius 2 is 1.42 bits per heavy atom. The molecule has 2 N–H and O–H groups in total. The van der Waals surface area contributed by atoms with Gasteiger partial charge in [0.25, 0.3) is 0 Å². The van der Waals surface area contributed by atoms with E-state index in [0.29, 0.717) is 5.84 Å². The SMILES string of the molecule is C=C(C)N(c1ccc(/C(=C/Cc2ccccc2)N=C(N)c2ccccc2)cc1)c1ccccc1C/C=C\C. The molecule has 0 bridgehead atoms. The van der Waals surface area contributed by atoms with Crippen molar-refractivity contribution in [2.45, 2.75) is 26.7 Å². The zero-order chi connectivity index (χ0) is 26.7. The quantitative estimate of drug-likeness (QED) is 0.136. The van der Waals surface area contributed by atoms with Crippen LogP contribution >= 0.6 is 0 Å². The monoisotopic (exact) mass is 497 g/mol. The van der Waals surface area contributed by atoms with E-state index in [-0.39, 0.29) is 0 Å². The van der Waals surface area contributed by atoms with Gasteiger partial charge in [0.05, 0.1) is 5.70 Å². The van der Waals surface area contributed by atoms with Crippen LogP contribution in [-0.4, -0.2) is 5.84 Å². The number of anilines is 2. The third-order valence-corrected chi connectivity index (χ3v) is 6.29. The fourth-order valence-corrected chi connectivity index (χ4v) is 4.35. The van der Waals surface area contributed by atoms with Gasteiger partial charge in [-0.05, 0) is 56.0 Å². The minimum absolute atomic E-state index is 0.496. The van der Waals surface area contributed by atoms with E-state index in [0.717, 1.165) is 46.7 Å². The predicted octanol–water partition coefficient (Wildman–Crippen LogP) is 8.47. The van der Waals surface area contributed by atoms with Gasteiger partial charge in [0, 0.05) is 28.2 Å². The van der Waals surface area contributed by atoms with Crippen LogP contribution in [0.1, 0.15) is 36.1 Å². The Morgan fingerprint density at radius 1 is 0.789 bits per heavy atom. The number of allylic oxidation sites excluding steroid dienone is 4. The first-order valence-electron chi connectivity index (χ1n) is 13.0. The molecule has 0 saturated carbocycles. The number of hydrogen-bond donors (Lipinski definition) is 1. The van der Waals surface area contributed by atoms with Crippen LogP contribution in [0.15, 0.2) is 145 Å². The summed E-state index contributed by atoms with van der Waals surface area (Å²) in [6.07, 6.45) is 8.04. The van der Waals surface area contributed by atoms with E-state index < -0.39 is 0 Å². The van der Waals surface area contributed by atoms with Crippen molar-refractivity contribution in [2.24, 2.45) is 10.7 Å². The van der Waals surface area contributed by atoms with Gasteiger partial charge in [0.2, 0.25) is 0 Å². The van der Waals surface area contributed by atoms with Crippen LogP contribution in [0.3, 0.4) is 0 Å². The fourth-order valence-electron chi connectivity index (χ4n) is 4.35. The number of hydrogen-bond acceptors (Lipinski definition) is 2. The zero-order valence-corrected chi connectivity index (χ0v) is 22.2. The molecule has 0 saturated heterocycles. The molecule has 0 atom stereocenters. The van der Waals surface area contributed by atoms with Gasteiger partial charge in [-0.25, -0.2) is 4.99 Å². The molecule has 0 fully saturated rings. The summed E-state index contributed by atoms with van der Waals surface area (Å²) in [5.74, 6) is 0.496. The number of rotatable bonds is 10. The molecule has 4 aromatic carbocycles. The number of para-hydroxylation sites is 1. The number of aliphatic imine (C=N–C) groups is 1. The maximum atomic E-state index is 6.44. The lowest BCUT2D eigenvalue weighted by Gasteiger charge is -2.27. The number of amidine groups is 1. The van der Waals surface area contributed by atoms with Gasteiger partial charge >= 0.3 is 0 Å². The molecular formula is C35H35N3. The first kappa shape index (κ1) is 26.4. The molecule has 0 aliphatic heterocycles. The van der Waals surface area contributed by atoms with E-state index in [1.807, 2.05) is 50.2 Å². The van der Waals surface area contributed by atoms with Crippen LogP contribution in [-0.2, 0) is 12.8 Å². The second-order valence-corrected chi connectivity index (χ2v) is 9.16. The molecule has 3 heteroatoms. The molecule has 0 amide bonds. The van der Waals surface area contributed by atoms with Gasteiger partial charge in [-0.3, -0.25) is 0 Å². The fraction of sp³-hybridized carbons (Fsp3) is 0.114. The third-order valence-electron chi connectivity index (χ3n) is 6.29. The molecular weight excluding hydrogens is 462 g/mol. The molecule has 0 unspecified atom stereocenters. The van der Waals surface area contributed by atoms with Crippen molar-refractivity contribution in [2.75, 3.05) is 4.90 Å². The lowest BCUT2D eigenvalue weighted by atomic mass is 10.0. The van der Waals surface area contributed by atoms with Crippen LogP contribution in [0.2, 0.25) is 0 Å². The Morgan fingerprint density at radius 3 is 2.08 bits per heavy atom. The van der Waals surface area contributed by atoms with E-state index in [1.165, 1.54) is 11.1 Å². The maximum absolute atomic E-state index is 6.44. The second kappa shape index (κ2) is 13.1. The van der Waals surface area contributed by atoms with Crippen molar-refractivity contribution in [3.63, 3.8) is 0 Å². The molecule has 4 rings (SSSR count). The van der Waals surface area contributed by atoms with Crippen molar-refractivity contribution < 1.29 is 0 Å². The molecule has 38 heavy (non-hydrogen) atoms. The van der Waals surface area contributed by atoms with Gasteiger partial charge in [0.15, 0.2) is 0 Å². The summed E-state index contributed by atoms with van der Waals surface area (Å²) in [6.45, 7) is 8.37. The molecule has 0 spiro atoms. The van der Waals surface area contributed by atoms with Crippen LogP contribution < -0.4 is 10.6 Å². The summed E-state index contributed by atoms with van der Waals surface area (Å²) in [7, 11) is 0. The van der Waals surface area contributed by atoms with Crippen molar-refractivity contribution >= 4 is 22.9 Å². The summed E-state index contributed by atoms with van der Waals surface area (Å²) in [5, 5.41) is 0. The van der Waals surface area contributed by atoms with Crippen LogP contribution in [0.5, 0.6) is 0 Å². The summed E-state index contributed by atoms with van der Waals surface area (Å²) < 4.78 is 0. The highest BCUT2D eigenvalue weighted by Gasteiger charge is 2.14. The zero-order valence-electron chi connectivity index (χ0n) is 22.2. The van der Waals surface area contributed by atoms with Crippen molar-refractivity contribution in [3.8, 4) is 0 Å². The lowest BCUT2D eigenvalue weighted by molar-refractivity contribution is 1.12. The first-order chi connectivity index (χ1) is 18.6. The van der Waals surface area contributed by atoms with E-state index in [2.05, 4.69) is 103 Å². The highest BCUT2D eigenvalue weighted by molar-refractivity contribution is 6.00. The highest BCUT2D eigenvalue weighted by Crippen LogP contribution is 2.33. The number of nitrogens with two attached hydrogens (primary N) is 1. The molecule has 190 valence electrons. The van der Waals surface area contributed by atoms with E-state index in [9.17, 15) is 0 Å². The summed E-state index contributed by atoms with van der Waals surface area (Å²) >= 11 is 0. The topological polar surface area (TPSA) is 41.6 Å². The maximum Gasteiger partial charge on any atom is 0.131 e. The molecule has 0 aliphatic carbocycles. The van der Waals surface area contributed by atoms with Crippen LogP contribution in [0, 0.1) is 0 Å². The molecule has 0 heterocycles. The summed E-state index contributed by atoms with van der Waals surface area (Å²) in [4.78, 5) is 7.07. The largest absolute Gasteiger partial charge is 0.383 e. The summed E-state index contributed by atoms with van der Waals surface area (Å²) in [5.41, 5.74) is 14.8. The van der Waals surface area contributed by atoms with Gasteiger partial charge in [-0.15, -0.1) is 0 Å². The Kier molecular flexibility index (Phi) is 9.09. The molecule has 0 aliphatic rings. The van der Waals surface area contributed by atoms with Crippen molar-refractivity contribution in [3.05, 3.63) is 162 Å². The van der Waals surface area contributed by atoms with Gasteiger partial charge in [-0.2, -0.15) is 0 Å². The Hall–Kier alpha value is -4.63. The second-order valence-electron chi connectivity index (χ2n) is 9.16. The lowest BCUT2D eigenvalue weighted by Crippen LogP contribution is -2.15. The minimum Gasteiger partial charge on any atom is -0.383 e.